The second kappa shape index (κ2) is 4.82. The van der Waals surface area contributed by atoms with Gasteiger partial charge in [0.05, 0.1) is 0 Å². The quantitative estimate of drug-likeness (QED) is 0.752. The highest BCUT2D eigenvalue weighted by Crippen LogP contribution is 2.24. The summed E-state index contributed by atoms with van der Waals surface area (Å²) in [6.07, 6.45) is 1.10. The van der Waals surface area contributed by atoms with Crippen LogP contribution in [0.5, 0.6) is 0 Å². The molecule has 0 N–H and O–H groups in total. The summed E-state index contributed by atoms with van der Waals surface area (Å²) in [7, 11) is 0. The number of carbonyl (C=O) groups is 1. The Kier molecular flexibility index (Phi) is 3.90. The van der Waals surface area contributed by atoms with Gasteiger partial charge in [0, 0.05) is 5.41 Å². The highest BCUT2D eigenvalue weighted by Gasteiger charge is 2.25. The molecule has 0 saturated heterocycles. The van der Waals surface area contributed by atoms with E-state index in [2.05, 4.69) is 38.1 Å². The molecule has 0 radical (unpaired) electrons. The maximum Gasteiger partial charge on any atom is 0.139 e. The fourth-order valence-electron chi connectivity index (χ4n) is 1.73. The van der Waals surface area contributed by atoms with Gasteiger partial charge in [0.2, 0.25) is 0 Å². The van der Waals surface area contributed by atoms with Crippen molar-refractivity contribution in [1.29, 1.82) is 0 Å². The summed E-state index contributed by atoms with van der Waals surface area (Å²) in [5.41, 5.74) is 2.08. The van der Waals surface area contributed by atoms with Gasteiger partial charge in [-0.2, -0.15) is 0 Å². The van der Waals surface area contributed by atoms with Crippen molar-refractivity contribution in [3.63, 3.8) is 0 Å². The van der Waals surface area contributed by atoms with E-state index in [1.54, 1.807) is 6.92 Å². The van der Waals surface area contributed by atoms with Gasteiger partial charge < -0.3 is 0 Å². The molecular formula is C15H22O. The topological polar surface area (TPSA) is 17.1 Å². The predicted molar refractivity (Wildman–Crippen MR) is 68.7 cm³/mol. The minimum atomic E-state index is -0.365. The molecular weight excluding hydrogens is 196 g/mol. The molecule has 1 aromatic carbocycles. The molecule has 0 aliphatic carbocycles. The zero-order valence-electron chi connectivity index (χ0n) is 11.0. The van der Waals surface area contributed by atoms with Crippen molar-refractivity contribution >= 4 is 5.78 Å². The Bertz CT molecular complexity index is 358. The van der Waals surface area contributed by atoms with Crippen LogP contribution in [0.15, 0.2) is 24.3 Å². The van der Waals surface area contributed by atoms with E-state index in [4.69, 9.17) is 0 Å². The Morgan fingerprint density at radius 3 is 2.06 bits per heavy atom. The Morgan fingerprint density at radius 1 is 1.19 bits per heavy atom. The molecule has 0 bridgehead atoms. The molecule has 0 atom stereocenters. The SMILES string of the molecule is CC(=O)C(C)(C)c1ccc(CC(C)C)cc1. The zero-order chi connectivity index (χ0) is 12.3. The lowest BCUT2D eigenvalue weighted by atomic mass is 9.81. The standard InChI is InChI=1S/C15H22O/c1-11(2)10-13-6-8-14(9-7-13)15(4,5)12(3)16/h6-9,11H,10H2,1-5H3. The average molecular weight is 218 g/mol. The number of benzene rings is 1. The smallest absolute Gasteiger partial charge is 0.139 e. The molecule has 1 heteroatoms. The van der Waals surface area contributed by atoms with Crippen LogP contribution in [-0.4, -0.2) is 5.78 Å². The van der Waals surface area contributed by atoms with Crippen LogP contribution in [0, 0.1) is 5.92 Å². The second-order valence-electron chi connectivity index (χ2n) is 5.48. The summed E-state index contributed by atoms with van der Waals surface area (Å²) in [6.45, 7) is 10.0. The van der Waals surface area contributed by atoms with E-state index in [0.717, 1.165) is 12.0 Å². The van der Waals surface area contributed by atoms with E-state index in [9.17, 15) is 4.79 Å². The summed E-state index contributed by atoms with van der Waals surface area (Å²) in [6, 6.07) is 8.44. The van der Waals surface area contributed by atoms with Gasteiger partial charge in [-0.15, -0.1) is 0 Å². The first kappa shape index (κ1) is 13.0. The highest BCUT2D eigenvalue weighted by atomic mass is 16.1. The first-order chi connectivity index (χ1) is 7.34. The third kappa shape index (κ3) is 2.94. The lowest BCUT2D eigenvalue weighted by Gasteiger charge is -2.22. The minimum absolute atomic E-state index is 0.212. The third-order valence-corrected chi connectivity index (χ3v) is 3.20. The number of carbonyl (C=O) groups excluding carboxylic acids is 1. The van der Waals surface area contributed by atoms with Crippen LogP contribution >= 0.6 is 0 Å². The molecule has 1 nitrogen and oxygen atoms in total. The molecule has 0 aromatic heterocycles. The molecule has 0 unspecified atom stereocenters. The van der Waals surface area contributed by atoms with Crippen LogP contribution in [-0.2, 0) is 16.6 Å². The summed E-state index contributed by atoms with van der Waals surface area (Å²) in [5.74, 6) is 0.885. The van der Waals surface area contributed by atoms with E-state index in [-0.39, 0.29) is 11.2 Å². The van der Waals surface area contributed by atoms with Crippen molar-refractivity contribution < 1.29 is 4.79 Å². The summed E-state index contributed by atoms with van der Waals surface area (Å²) in [4.78, 5) is 11.5. The summed E-state index contributed by atoms with van der Waals surface area (Å²) < 4.78 is 0. The van der Waals surface area contributed by atoms with E-state index in [0.29, 0.717) is 5.92 Å². The fraction of sp³-hybridized carbons (Fsp3) is 0.533. The maximum absolute atomic E-state index is 11.5. The van der Waals surface area contributed by atoms with Crippen molar-refractivity contribution in [2.24, 2.45) is 5.92 Å². The van der Waals surface area contributed by atoms with E-state index in [1.807, 2.05) is 13.8 Å². The normalized spacial score (nSPS) is 11.9. The largest absolute Gasteiger partial charge is 0.299 e. The van der Waals surface area contributed by atoms with Crippen molar-refractivity contribution in [3.05, 3.63) is 35.4 Å². The summed E-state index contributed by atoms with van der Waals surface area (Å²) in [5, 5.41) is 0. The van der Waals surface area contributed by atoms with E-state index >= 15 is 0 Å². The average Bonchev–Trinajstić information content (AvgIpc) is 2.17. The molecule has 0 fully saturated rings. The van der Waals surface area contributed by atoms with Gasteiger partial charge in [-0.1, -0.05) is 38.1 Å². The fourth-order valence-corrected chi connectivity index (χ4v) is 1.73. The maximum atomic E-state index is 11.5. The first-order valence-electron chi connectivity index (χ1n) is 5.94. The van der Waals surface area contributed by atoms with Crippen LogP contribution in [0.3, 0.4) is 0 Å². The molecule has 0 amide bonds. The zero-order valence-corrected chi connectivity index (χ0v) is 11.0. The molecule has 1 aromatic rings. The van der Waals surface area contributed by atoms with Crippen molar-refractivity contribution in [2.75, 3.05) is 0 Å². The molecule has 0 heterocycles. The van der Waals surface area contributed by atoms with Gasteiger partial charge in [-0.05, 0) is 44.2 Å². The van der Waals surface area contributed by atoms with Gasteiger partial charge >= 0.3 is 0 Å². The van der Waals surface area contributed by atoms with E-state index in [1.165, 1.54) is 5.56 Å². The minimum Gasteiger partial charge on any atom is -0.299 e. The molecule has 0 spiro atoms. The Balaban J connectivity index is 2.91. The molecule has 1 rings (SSSR count). The van der Waals surface area contributed by atoms with Gasteiger partial charge in [0.1, 0.15) is 5.78 Å². The number of rotatable bonds is 4. The van der Waals surface area contributed by atoms with Crippen LogP contribution < -0.4 is 0 Å². The number of Topliss-reactive ketones (excluding diaryl/α,β-unsaturated/α-hetero) is 1. The Labute approximate surface area is 98.9 Å². The molecule has 0 aliphatic heterocycles. The highest BCUT2D eigenvalue weighted by molar-refractivity contribution is 5.87. The Hall–Kier alpha value is -1.11. The lowest BCUT2D eigenvalue weighted by molar-refractivity contribution is -0.121. The van der Waals surface area contributed by atoms with E-state index < -0.39 is 0 Å². The molecule has 0 aliphatic rings. The van der Waals surface area contributed by atoms with Gasteiger partial charge in [0.25, 0.3) is 0 Å². The first-order valence-corrected chi connectivity index (χ1v) is 5.94. The van der Waals surface area contributed by atoms with Gasteiger partial charge in [-0.25, -0.2) is 0 Å². The van der Waals surface area contributed by atoms with Crippen molar-refractivity contribution in [1.82, 2.24) is 0 Å². The Morgan fingerprint density at radius 2 is 1.69 bits per heavy atom. The molecule has 16 heavy (non-hydrogen) atoms. The van der Waals surface area contributed by atoms with Crippen molar-refractivity contribution in [3.8, 4) is 0 Å². The van der Waals surface area contributed by atoms with Crippen LogP contribution in [0.25, 0.3) is 0 Å². The van der Waals surface area contributed by atoms with Gasteiger partial charge in [-0.3, -0.25) is 4.79 Å². The van der Waals surface area contributed by atoms with Crippen LogP contribution in [0.4, 0.5) is 0 Å². The van der Waals surface area contributed by atoms with Crippen LogP contribution in [0.2, 0.25) is 0 Å². The number of ketones is 1. The van der Waals surface area contributed by atoms with Gasteiger partial charge in [0.15, 0.2) is 0 Å². The van der Waals surface area contributed by atoms with Crippen LogP contribution in [0.1, 0.15) is 45.7 Å². The van der Waals surface area contributed by atoms with Crippen molar-refractivity contribution in [2.45, 2.75) is 46.5 Å². The summed E-state index contributed by atoms with van der Waals surface area (Å²) >= 11 is 0. The number of hydrogen-bond donors (Lipinski definition) is 0. The third-order valence-electron chi connectivity index (χ3n) is 3.20. The molecule has 88 valence electrons. The number of hydrogen-bond acceptors (Lipinski definition) is 1. The second-order valence-corrected chi connectivity index (χ2v) is 5.48. The monoisotopic (exact) mass is 218 g/mol. The lowest BCUT2D eigenvalue weighted by Crippen LogP contribution is -2.26. The predicted octanol–water partition coefficient (Wildman–Crippen LogP) is 3.75. The molecule has 0 saturated carbocycles.